The largest absolute Gasteiger partial charge is 0.452 e. The Kier molecular flexibility index (Phi) is 7.71. The molecule has 152 valence electrons. The molecule has 0 unspecified atom stereocenters. The molecule has 0 fully saturated rings. The highest BCUT2D eigenvalue weighted by molar-refractivity contribution is 5.96. The molecular formula is C23H26N2O4. The quantitative estimate of drug-likeness (QED) is 0.558. The molecule has 0 spiro atoms. The number of benzene rings is 2. The molecule has 0 saturated carbocycles. The smallest absolute Gasteiger partial charge is 0.331 e. The molecule has 2 amide bonds. The van der Waals surface area contributed by atoms with Crippen molar-refractivity contribution in [2.75, 3.05) is 18.5 Å². The first-order valence-electron chi connectivity index (χ1n) is 9.30. The molecule has 2 rings (SSSR count). The minimum absolute atomic E-state index is 0.206. The molecule has 0 saturated heterocycles. The predicted octanol–water partition coefficient (Wildman–Crippen LogP) is 3.23. The second kappa shape index (κ2) is 10.2. The second-order valence-electron chi connectivity index (χ2n) is 6.95. The third kappa shape index (κ3) is 7.25. The molecule has 29 heavy (non-hydrogen) atoms. The van der Waals surface area contributed by atoms with E-state index in [2.05, 4.69) is 10.6 Å². The monoisotopic (exact) mass is 394 g/mol. The zero-order chi connectivity index (χ0) is 21.4. The fourth-order valence-corrected chi connectivity index (χ4v) is 2.82. The minimum Gasteiger partial charge on any atom is -0.452 e. The van der Waals surface area contributed by atoms with Crippen LogP contribution in [0.3, 0.4) is 0 Å². The Morgan fingerprint density at radius 2 is 1.52 bits per heavy atom. The molecule has 0 aromatic heterocycles. The lowest BCUT2D eigenvalue weighted by Gasteiger charge is -2.13. The van der Waals surface area contributed by atoms with Crippen molar-refractivity contribution >= 4 is 29.5 Å². The fourth-order valence-electron chi connectivity index (χ4n) is 2.82. The molecule has 0 heterocycles. The van der Waals surface area contributed by atoms with Crippen LogP contribution < -0.4 is 10.6 Å². The number of nitrogens with one attached hydrogen (secondary N) is 2. The van der Waals surface area contributed by atoms with Crippen LogP contribution in [0.4, 0.5) is 5.69 Å². The summed E-state index contributed by atoms with van der Waals surface area (Å²) in [5, 5.41) is 5.23. The van der Waals surface area contributed by atoms with Crippen LogP contribution >= 0.6 is 0 Å². The topological polar surface area (TPSA) is 84.5 Å². The lowest BCUT2D eigenvalue weighted by Crippen LogP contribution is -2.35. The van der Waals surface area contributed by atoms with Gasteiger partial charge in [0.05, 0.1) is 6.54 Å². The maximum absolute atomic E-state index is 12.1. The molecule has 6 heteroatoms. The molecule has 0 aliphatic heterocycles. The summed E-state index contributed by atoms with van der Waals surface area (Å²) in [7, 11) is 0. The number of anilines is 1. The number of ether oxygens (including phenoxy) is 1. The van der Waals surface area contributed by atoms with Crippen LogP contribution in [0.25, 0.3) is 6.08 Å². The van der Waals surface area contributed by atoms with E-state index in [1.165, 1.54) is 6.08 Å². The Labute approximate surface area is 171 Å². The first-order valence-corrected chi connectivity index (χ1v) is 9.30. The summed E-state index contributed by atoms with van der Waals surface area (Å²) in [5.74, 6) is -1.52. The van der Waals surface area contributed by atoms with Gasteiger partial charge in [-0.3, -0.25) is 9.59 Å². The minimum atomic E-state index is -0.629. The summed E-state index contributed by atoms with van der Waals surface area (Å²) in [6, 6.07) is 11.6. The van der Waals surface area contributed by atoms with Gasteiger partial charge in [-0.2, -0.15) is 0 Å². The van der Waals surface area contributed by atoms with Crippen molar-refractivity contribution in [3.05, 3.63) is 70.3 Å². The van der Waals surface area contributed by atoms with E-state index in [4.69, 9.17) is 4.74 Å². The molecule has 0 radical (unpaired) electrons. The van der Waals surface area contributed by atoms with E-state index in [9.17, 15) is 14.4 Å². The molecule has 0 bridgehead atoms. The molecule has 2 aromatic rings. The van der Waals surface area contributed by atoms with Crippen LogP contribution in [0.5, 0.6) is 0 Å². The van der Waals surface area contributed by atoms with Crippen molar-refractivity contribution in [3.8, 4) is 0 Å². The van der Waals surface area contributed by atoms with Crippen LogP contribution in [0.2, 0.25) is 0 Å². The number of carbonyl (C=O) groups excluding carboxylic acids is 3. The number of amides is 2. The van der Waals surface area contributed by atoms with E-state index in [0.29, 0.717) is 0 Å². The van der Waals surface area contributed by atoms with Gasteiger partial charge in [-0.1, -0.05) is 47.5 Å². The van der Waals surface area contributed by atoms with Gasteiger partial charge in [-0.15, -0.1) is 0 Å². The highest BCUT2D eigenvalue weighted by Gasteiger charge is 2.11. The standard InChI is InChI=1S/C23H26N2O4/c1-15-5-7-19(8-6-15)9-10-22(28)29-14-21(27)24-13-20(26)25-23-17(3)11-16(2)12-18(23)4/h5-12H,13-14H2,1-4H3,(H,24,27)(H,25,26)/b10-9+. The van der Waals surface area contributed by atoms with Crippen molar-refractivity contribution < 1.29 is 19.1 Å². The van der Waals surface area contributed by atoms with Crippen LogP contribution in [0, 0.1) is 27.7 Å². The number of aryl methyl sites for hydroxylation is 4. The number of hydrogen-bond donors (Lipinski definition) is 2. The summed E-state index contributed by atoms with van der Waals surface area (Å²) < 4.78 is 4.88. The Hall–Kier alpha value is -3.41. The lowest BCUT2D eigenvalue weighted by atomic mass is 10.1. The van der Waals surface area contributed by atoms with Gasteiger partial charge in [-0.25, -0.2) is 4.79 Å². The highest BCUT2D eigenvalue weighted by Crippen LogP contribution is 2.21. The SMILES string of the molecule is Cc1ccc(/C=C/C(=O)OCC(=O)NCC(=O)Nc2c(C)cc(C)cc2C)cc1. The fraction of sp³-hybridized carbons (Fsp3) is 0.261. The highest BCUT2D eigenvalue weighted by atomic mass is 16.5. The van der Waals surface area contributed by atoms with E-state index in [1.807, 2.05) is 64.1 Å². The van der Waals surface area contributed by atoms with Gasteiger partial charge >= 0.3 is 5.97 Å². The van der Waals surface area contributed by atoms with Gasteiger partial charge in [0, 0.05) is 11.8 Å². The number of rotatable bonds is 7. The van der Waals surface area contributed by atoms with E-state index in [-0.39, 0.29) is 12.5 Å². The first kappa shape index (κ1) is 21.9. The maximum atomic E-state index is 12.1. The second-order valence-corrected chi connectivity index (χ2v) is 6.95. The Morgan fingerprint density at radius 1 is 0.897 bits per heavy atom. The van der Waals surface area contributed by atoms with Gasteiger partial charge in [0.15, 0.2) is 6.61 Å². The van der Waals surface area contributed by atoms with Crippen molar-refractivity contribution in [3.63, 3.8) is 0 Å². The Balaban J connectivity index is 1.74. The van der Waals surface area contributed by atoms with Crippen LogP contribution in [-0.2, 0) is 19.1 Å². The van der Waals surface area contributed by atoms with Crippen LogP contribution in [-0.4, -0.2) is 30.9 Å². The van der Waals surface area contributed by atoms with Gasteiger partial charge in [0.2, 0.25) is 5.91 Å². The van der Waals surface area contributed by atoms with Crippen molar-refractivity contribution in [1.29, 1.82) is 0 Å². The average molecular weight is 394 g/mol. The average Bonchev–Trinajstić information content (AvgIpc) is 2.67. The summed E-state index contributed by atoms with van der Waals surface area (Å²) >= 11 is 0. The molecule has 0 aliphatic rings. The molecule has 0 aliphatic carbocycles. The summed E-state index contributed by atoms with van der Waals surface area (Å²) in [6.45, 7) is 7.14. The van der Waals surface area contributed by atoms with Crippen LogP contribution in [0.1, 0.15) is 27.8 Å². The van der Waals surface area contributed by atoms with Gasteiger partial charge in [0.1, 0.15) is 0 Å². The van der Waals surface area contributed by atoms with E-state index in [1.54, 1.807) is 6.08 Å². The van der Waals surface area contributed by atoms with E-state index < -0.39 is 18.5 Å². The number of carbonyl (C=O) groups is 3. The summed E-state index contributed by atoms with van der Waals surface area (Å²) in [5.41, 5.74) is 5.74. The van der Waals surface area contributed by atoms with Gasteiger partial charge in [-0.05, 0) is 50.5 Å². The van der Waals surface area contributed by atoms with Crippen molar-refractivity contribution in [2.24, 2.45) is 0 Å². The van der Waals surface area contributed by atoms with Crippen molar-refractivity contribution in [1.82, 2.24) is 5.32 Å². The van der Waals surface area contributed by atoms with E-state index in [0.717, 1.165) is 33.5 Å². The van der Waals surface area contributed by atoms with Gasteiger partial charge < -0.3 is 15.4 Å². The molecule has 0 atom stereocenters. The summed E-state index contributed by atoms with van der Waals surface area (Å²) in [6.07, 6.45) is 2.87. The maximum Gasteiger partial charge on any atom is 0.331 e. The van der Waals surface area contributed by atoms with E-state index >= 15 is 0 Å². The normalized spacial score (nSPS) is 10.6. The Morgan fingerprint density at radius 3 is 2.14 bits per heavy atom. The number of hydrogen-bond acceptors (Lipinski definition) is 4. The van der Waals surface area contributed by atoms with Crippen molar-refractivity contribution in [2.45, 2.75) is 27.7 Å². The lowest BCUT2D eigenvalue weighted by molar-refractivity contribution is -0.143. The third-order valence-corrected chi connectivity index (χ3v) is 4.22. The van der Waals surface area contributed by atoms with Crippen LogP contribution in [0.15, 0.2) is 42.5 Å². The predicted molar refractivity (Wildman–Crippen MR) is 113 cm³/mol. The molecule has 2 aromatic carbocycles. The summed E-state index contributed by atoms with van der Waals surface area (Å²) in [4.78, 5) is 35.6. The Bertz CT molecular complexity index is 907. The van der Waals surface area contributed by atoms with Gasteiger partial charge in [0.25, 0.3) is 5.91 Å². The molecule has 6 nitrogen and oxygen atoms in total. The zero-order valence-electron chi connectivity index (χ0n) is 17.2. The molecule has 2 N–H and O–H groups in total. The zero-order valence-corrected chi connectivity index (χ0v) is 17.2. The number of esters is 1. The third-order valence-electron chi connectivity index (χ3n) is 4.22. The first-order chi connectivity index (χ1) is 13.7. The molecular weight excluding hydrogens is 368 g/mol.